The molecule has 1 saturated carbocycles. The molecule has 3 nitrogen and oxygen atoms in total. The first-order valence-corrected chi connectivity index (χ1v) is 6.95. The monoisotopic (exact) mass is 263 g/mol. The molecule has 1 atom stereocenters. The number of H-pyrrole nitrogens is 1. The smallest absolute Gasteiger partial charge is 0.209 e. The number of hydrogen-bond donors (Lipinski definition) is 1. The zero-order valence-electron chi connectivity index (χ0n) is 10.1. The van der Waals surface area contributed by atoms with Crippen LogP contribution < -0.4 is 0 Å². The molecule has 0 amide bonds. The predicted octanol–water partition coefficient (Wildman–Crippen LogP) is 3.67. The van der Waals surface area contributed by atoms with Gasteiger partial charge in [-0.05, 0) is 37.5 Å². The Morgan fingerprint density at radius 2 is 2.06 bits per heavy atom. The molecule has 0 saturated heterocycles. The number of rotatable bonds is 4. The zero-order chi connectivity index (χ0) is 12.5. The maximum atomic E-state index is 12.8. The molecule has 1 aromatic heterocycles. The average Bonchev–Trinajstić information content (AvgIpc) is 3.11. The highest BCUT2D eigenvalue weighted by Crippen LogP contribution is 2.39. The van der Waals surface area contributed by atoms with E-state index in [9.17, 15) is 4.39 Å². The van der Waals surface area contributed by atoms with Gasteiger partial charge >= 0.3 is 0 Å². The van der Waals surface area contributed by atoms with Crippen molar-refractivity contribution in [3.8, 4) is 0 Å². The largest absolute Gasteiger partial charge is 0.262 e. The van der Waals surface area contributed by atoms with E-state index in [0.717, 1.165) is 16.5 Å². The van der Waals surface area contributed by atoms with E-state index >= 15 is 0 Å². The average molecular weight is 263 g/mol. The van der Waals surface area contributed by atoms with Crippen molar-refractivity contribution >= 4 is 11.8 Å². The normalized spacial score (nSPS) is 16.8. The molecule has 1 aromatic carbocycles. The van der Waals surface area contributed by atoms with Gasteiger partial charge in [0, 0.05) is 11.2 Å². The molecule has 0 radical (unpaired) electrons. The second kappa shape index (κ2) is 4.72. The Balaban J connectivity index is 1.68. The highest BCUT2D eigenvalue weighted by Gasteiger charge is 2.27. The van der Waals surface area contributed by atoms with Gasteiger partial charge in [0.15, 0.2) is 0 Å². The summed E-state index contributed by atoms with van der Waals surface area (Å²) in [4.78, 5) is 4.48. The first-order valence-electron chi connectivity index (χ1n) is 6.07. The predicted molar refractivity (Wildman–Crippen MR) is 69.0 cm³/mol. The number of aromatic amines is 1. The van der Waals surface area contributed by atoms with Crippen molar-refractivity contribution < 1.29 is 4.39 Å². The summed E-state index contributed by atoms with van der Waals surface area (Å²) >= 11 is 1.59. The number of nitrogens with zero attached hydrogens (tertiary/aromatic N) is 2. The molecule has 3 rings (SSSR count). The molecule has 1 heterocycles. The fraction of sp³-hybridized carbons (Fsp3) is 0.385. The molecule has 1 fully saturated rings. The Hall–Kier alpha value is -1.36. The third kappa shape index (κ3) is 2.56. The maximum absolute atomic E-state index is 12.8. The van der Waals surface area contributed by atoms with Crippen molar-refractivity contribution in [2.75, 3.05) is 0 Å². The van der Waals surface area contributed by atoms with E-state index in [4.69, 9.17) is 0 Å². The highest BCUT2D eigenvalue weighted by molar-refractivity contribution is 7.99. The van der Waals surface area contributed by atoms with Gasteiger partial charge < -0.3 is 0 Å². The molecule has 2 aromatic rings. The van der Waals surface area contributed by atoms with Crippen LogP contribution in [-0.2, 0) is 0 Å². The molecule has 94 valence electrons. The Labute approximate surface area is 109 Å². The molecule has 0 spiro atoms. The van der Waals surface area contributed by atoms with Gasteiger partial charge in [-0.2, -0.15) is 0 Å². The summed E-state index contributed by atoms with van der Waals surface area (Å²) in [5.41, 5.74) is 1.08. The van der Waals surface area contributed by atoms with Crippen molar-refractivity contribution in [1.29, 1.82) is 0 Å². The Morgan fingerprint density at radius 3 is 2.72 bits per heavy atom. The van der Waals surface area contributed by atoms with Crippen LogP contribution in [0.2, 0.25) is 0 Å². The van der Waals surface area contributed by atoms with Gasteiger partial charge in [0.05, 0.1) is 0 Å². The molecule has 5 heteroatoms. The summed E-state index contributed by atoms with van der Waals surface area (Å²) in [6.07, 6.45) is 2.43. The Morgan fingerprint density at radius 1 is 1.33 bits per heavy atom. The lowest BCUT2D eigenvalue weighted by Crippen LogP contribution is -1.89. The minimum absolute atomic E-state index is 0.204. The maximum Gasteiger partial charge on any atom is 0.209 e. The molecule has 1 aliphatic rings. The van der Waals surface area contributed by atoms with Crippen molar-refractivity contribution in [2.24, 2.45) is 0 Å². The van der Waals surface area contributed by atoms with Gasteiger partial charge in [0.1, 0.15) is 11.6 Å². The van der Waals surface area contributed by atoms with Crippen molar-refractivity contribution in [2.45, 2.75) is 36.1 Å². The third-order valence-corrected chi connectivity index (χ3v) is 4.09. The van der Waals surface area contributed by atoms with Crippen molar-refractivity contribution in [3.63, 3.8) is 0 Å². The van der Waals surface area contributed by atoms with Crippen LogP contribution in [0.1, 0.15) is 42.3 Å². The first-order chi connectivity index (χ1) is 8.72. The van der Waals surface area contributed by atoms with Crippen LogP contribution in [0.25, 0.3) is 0 Å². The highest BCUT2D eigenvalue weighted by atomic mass is 32.2. The lowest BCUT2D eigenvalue weighted by molar-refractivity contribution is 0.627. The molecular weight excluding hydrogens is 249 g/mol. The van der Waals surface area contributed by atoms with E-state index < -0.39 is 0 Å². The van der Waals surface area contributed by atoms with Gasteiger partial charge in [-0.1, -0.05) is 23.9 Å². The molecule has 1 unspecified atom stereocenters. The van der Waals surface area contributed by atoms with Crippen molar-refractivity contribution in [1.82, 2.24) is 15.2 Å². The number of nitrogens with one attached hydrogen (secondary N) is 1. The summed E-state index contributed by atoms with van der Waals surface area (Å²) in [5.74, 6) is 1.39. The number of benzene rings is 1. The Kier molecular flexibility index (Phi) is 3.07. The van der Waals surface area contributed by atoms with Crippen LogP contribution in [0, 0.1) is 5.82 Å². The summed E-state index contributed by atoms with van der Waals surface area (Å²) < 4.78 is 12.8. The fourth-order valence-corrected chi connectivity index (χ4v) is 2.67. The number of thioether (sulfide) groups is 1. The standard InChI is InChI=1S/C13H14FN3S/c1-8(9-4-6-11(14)7-5-9)18-13-15-12(16-17-13)10-2-3-10/h4-8,10H,2-3H2,1H3,(H,15,16,17). The van der Waals surface area contributed by atoms with E-state index in [0.29, 0.717) is 5.92 Å². The molecule has 1 N–H and O–H groups in total. The van der Waals surface area contributed by atoms with Crippen LogP contribution in [-0.4, -0.2) is 15.2 Å². The van der Waals surface area contributed by atoms with E-state index in [1.54, 1.807) is 23.9 Å². The SMILES string of the molecule is CC(Sc1n[nH]c(C2CC2)n1)c1ccc(F)cc1. The first kappa shape index (κ1) is 11.7. The van der Waals surface area contributed by atoms with Gasteiger partial charge in [-0.3, -0.25) is 5.10 Å². The van der Waals surface area contributed by atoms with Crippen molar-refractivity contribution in [3.05, 3.63) is 41.5 Å². The molecule has 0 bridgehead atoms. The number of hydrogen-bond acceptors (Lipinski definition) is 3. The zero-order valence-corrected chi connectivity index (χ0v) is 10.9. The van der Waals surface area contributed by atoms with Gasteiger partial charge in [-0.15, -0.1) is 5.10 Å². The van der Waals surface area contributed by atoms with Gasteiger partial charge in [0.2, 0.25) is 5.16 Å². The molecule has 0 aliphatic heterocycles. The van der Waals surface area contributed by atoms with Gasteiger partial charge in [0.25, 0.3) is 0 Å². The van der Waals surface area contributed by atoms with Crippen LogP contribution in [0.15, 0.2) is 29.4 Å². The van der Waals surface area contributed by atoms with Crippen LogP contribution in [0.5, 0.6) is 0 Å². The number of halogens is 1. The molecule has 1 aliphatic carbocycles. The topological polar surface area (TPSA) is 41.6 Å². The lowest BCUT2D eigenvalue weighted by atomic mass is 10.2. The quantitative estimate of drug-likeness (QED) is 0.856. The summed E-state index contributed by atoms with van der Waals surface area (Å²) in [6.45, 7) is 2.07. The van der Waals surface area contributed by atoms with E-state index in [-0.39, 0.29) is 11.1 Å². The van der Waals surface area contributed by atoms with Crippen LogP contribution in [0.4, 0.5) is 4.39 Å². The molecular formula is C13H14FN3S. The summed E-state index contributed by atoms with van der Waals surface area (Å²) in [7, 11) is 0. The fourth-order valence-electron chi connectivity index (χ4n) is 1.81. The number of aromatic nitrogens is 3. The molecule has 18 heavy (non-hydrogen) atoms. The van der Waals surface area contributed by atoms with E-state index in [1.807, 2.05) is 0 Å². The van der Waals surface area contributed by atoms with Crippen LogP contribution in [0.3, 0.4) is 0 Å². The Bertz CT molecular complexity index is 533. The minimum atomic E-state index is -0.204. The third-order valence-electron chi connectivity index (χ3n) is 3.07. The van der Waals surface area contributed by atoms with E-state index in [1.165, 1.54) is 25.0 Å². The lowest BCUT2D eigenvalue weighted by Gasteiger charge is -2.08. The summed E-state index contributed by atoms with van der Waals surface area (Å²) in [6, 6.07) is 6.59. The second-order valence-electron chi connectivity index (χ2n) is 4.59. The van der Waals surface area contributed by atoms with Gasteiger partial charge in [-0.25, -0.2) is 9.37 Å². The summed E-state index contributed by atoms with van der Waals surface area (Å²) in [5, 5.41) is 8.19. The van der Waals surface area contributed by atoms with Crippen LogP contribution >= 0.6 is 11.8 Å². The van der Waals surface area contributed by atoms with E-state index in [2.05, 4.69) is 22.1 Å². The minimum Gasteiger partial charge on any atom is -0.262 e. The second-order valence-corrected chi connectivity index (χ2v) is 5.90.